The summed E-state index contributed by atoms with van der Waals surface area (Å²) in [5.41, 5.74) is 3.48. The number of rotatable bonds is 3. The van der Waals surface area contributed by atoms with Gasteiger partial charge in [-0.05, 0) is 49.2 Å². The van der Waals surface area contributed by atoms with Crippen molar-refractivity contribution in [1.82, 2.24) is 29.6 Å². The van der Waals surface area contributed by atoms with Crippen LogP contribution in [0, 0.1) is 0 Å². The highest BCUT2D eigenvalue weighted by atomic mass is 16.2. The summed E-state index contributed by atoms with van der Waals surface area (Å²) in [6.45, 7) is 0.741. The molecule has 1 N–H and O–H groups in total. The highest BCUT2D eigenvalue weighted by Gasteiger charge is 2.32. The molecule has 0 unspecified atom stereocenters. The SMILES string of the molecule is O=C(c1ccc(-n2cncn2)cc1)N1CCC[C@H]1c1nc2ccccc2[nH]1. The van der Waals surface area contributed by atoms with Gasteiger partial charge in [-0.25, -0.2) is 14.6 Å². The Kier molecular flexibility index (Phi) is 3.71. The zero-order valence-electron chi connectivity index (χ0n) is 14.6. The monoisotopic (exact) mass is 358 g/mol. The molecule has 7 nitrogen and oxygen atoms in total. The number of carbonyl (C=O) groups is 1. The summed E-state index contributed by atoms with van der Waals surface area (Å²) in [5, 5.41) is 4.11. The zero-order valence-corrected chi connectivity index (χ0v) is 14.6. The van der Waals surface area contributed by atoms with E-state index in [0.29, 0.717) is 5.56 Å². The Labute approximate surface area is 155 Å². The lowest BCUT2D eigenvalue weighted by molar-refractivity contribution is 0.0730. The summed E-state index contributed by atoms with van der Waals surface area (Å²) in [6.07, 6.45) is 5.02. The van der Waals surface area contributed by atoms with Crippen molar-refractivity contribution in [3.63, 3.8) is 0 Å². The number of nitrogens with one attached hydrogen (secondary N) is 1. The van der Waals surface area contributed by atoms with Gasteiger partial charge in [-0.1, -0.05) is 12.1 Å². The number of aromatic nitrogens is 5. The first-order valence-electron chi connectivity index (χ1n) is 9.00. The van der Waals surface area contributed by atoms with Crippen LogP contribution >= 0.6 is 0 Å². The van der Waals surface area contributed by atoms with Gasteiger partial charge in [0.1, 0.15) is 18.5 Å². The molecular weight excluding hydrogens is 340 g/mol. The van der Waals surface area contributed by atoms with E-state index in [1.165, 1.54) is 6.33 Å². The number of imidazole rings is 1. The smallest absolute Gasteiger partial charge is 0.254 e. The van der Waals surface area contributed by atoms with Crippen LogP contribution in [0.5, 0.6) is 0 Å². The van der Waals surface area contributed by atoms with Crippen molar-refractivity contribution < 1.29 is 4.79 Å². The van der Waals surface area contributed by atoms with Crippen LogP contribution in [0.1, 0.15) is 35.1 Å². The van der Waals surface area contributed by atoms with Gasteiger partial charge < -0.3 is 9.88 Å². The molecule has 134 valence electrons. The van der Waals surface area contributed by atoms with Gasteiger partial charge in [-0.15, -0.1) is 0 Å². The number of hydrogen-bond donors (Lipinski definition) is 1. The van der Waals surface area contributed by atoms with Crippen molar-refractivity contribution in [2.75, 3.05) is 6.54 Å². The van der Waals surface area contributed by atoms with E-state index in [0.717, 1.165) is 41.9 Å². The highest BCUT2D eigenvalue weighted by Crippen LogP contribution is 2.32. The quantitative estimate of drug-likeness (QED) is 0.610. The van der Waals surface area contributed by atoms with Crippen LogP contribution in [0.2, 0.25) is 0 Å². The minimum atomic E-state index is -0.0140. The van der Waals surface area contributed by atoms with Crippen LogP contribution in [0.4, 0.5) is 0 Å². The second kappa shape index (κ2) is 6.35. The first kappa shape index (κ1) is 15.7. The Hall–Kier alpha value is -3.48. The highest BCUT2D eigenvalue weighted by molar-refractivity contribution is 5.95. The van der Waals surface area contributed by atoms with Gasteiger partial charge in [-0.3, -0.25) is 4.79 Å². The molecule has 1 aliphatic rings. The molecule has 27 heavy (non-hydrogen) atoms. The molecule has 2 aromatic carbocycles. The molecule has 1 atom stereocenters. The molecule has 7 heteroatoms. The summed E-state index contributed by atoms with van der Waals surface area (Å²) in [7, 11) is 0. The summed E-state index contributed by atoms with van der Waals surface area (Å²) in [4.78, 5) is 27.0. The Morgan fingerprint density at radius 1 is 1.11 bits per heavy atom. The summed E-state index contributed by atoms with van der Waals surface area (Å²) >= 11 is 0. The van der Waals surface area contributed by atoms with Crippen molar-refractivity contribution >= 4 is 16.9 Å². The molecule has 5 rings (SSSR count). The first-order valence-corrected chi connectivity index (χ1v) is 9.00. The molecule has 4 aromatic rings. The molecule has 2 aromatic heterocycles. The number of H-pyrrole nitrogens is 1. The number of aromatic amines is 1. The van der Waals surface area contributed by atoms with Crippen LogP contribution in [-0.4, -0.2) is 42.1 Å². The lowest BCUT2D eigenvalue weighted by Gasteiger charge is -2.23. The van der Waals surface area contributed by atoms with Crippen LogP contribution in [0.3, 0.4) is 0 Å². The molecule has 0 spiro atoms. The van der Waals surface area contributed by atoms with E-state index in [1.54, 1.807) is 11.0 Å². The van der Waals surface area contributed by atoms with Crippen molar-refractivity contribution in [2.24, 2.45) is 0 Å². The molecule has 1 amide bonds. The molecule has 0 saturated carbocycles. The minimum Gasteiger partial charge on any atom is -0.340 e. The van der Waals surface area contributed by atoms with Gasteiger partial charge in [0.15, 0.2) is 0 Å². The fourth-order valence-electron chi connectivity index (χ4n) is 3.69. The van der Waals surface area contributed by atoms with Gasteiger partial charge in [0, 0.05) is 12.1 Å². The number of hydrogen-bond acceptors (Lipinski definition) is 4. The standard InChI is InChI=1S/C20H18N6O/c27-20(14-7-9-15(10-8-14)26-13-21-12-22-26)25-11-3-6-18(25)19-23-16-4-1-2-5-17(16)24-19/h1-2,4-5,7-10,12-13,18H,3,6,11H2,(H,23,24)/t18-/m0/s1. The van der Waals surface area contributed by atoms with E-state index < -0.39 is 0 Å². The molecule has 0 radical (unpaired) electrons. The first-order chi connectivity index (χ1) is 13.3. The number of fused-ring (bicyclic) bond motifs is 1. The van der Waals surface area contributed by atoms with Crippen LogP contribution in [0.15, 0.2) is 61.2 Å². The molecule has 1 saturated heterocycles. The number of likely N-dealkylation sites (tertiary alicyclic amines) is 1. The average molecular weight is 358 g/mol. The van der Waals surface area contributed by atoms with Gasteiger partial charge in [0.2, 0.25) is 0 Å². The van der Waals surface area contributed by atoms with Crippen molar-refractivity contribution in [3.8, 4) is 5.69 Å². The second-order valence-electron chi connectivity index (χ2n) is 6.68. The van der Waals surface area contributed by atoms with Crippen molar-refractivity contribution in [3.05, 3.63) is 72.6 Å². The maximum atomic E-state index is 13.1. The molecular formula is C20H18N6O. The molecule has 0 aliphatic carbocycles. The minimum absolute atomic E-state index is 0.0140. The third-order valence-corrected chi connectivity index (χ3v) is 5.03. The third-order valence-electron chi connectivity index (χ3n) is 5.03. The predicted octanol–water partition coefficient (Wildman–Crippen LogP) is 3.12. The fourth-order valence-corrected chi connectivity index (χ4v) is 3.69. The van der Waals surface area contributed by atoms with E-state index in [1.807, 2.05) is 53.4 Å². The Bertz CT molecular complexity index is 1050. The number of amides is 1. The summed E-state index contributed by atoms with van der Waals surface area (Å²) in [6, 6.07) is 15.4. The average Bonchev–Trinajstić information content (AvgIpc) is 3.47. The summed E-state index contributed by atoms with van der Waals surface area (Å²) in [5.74, 6) is 0.893. The normalized spacial score (nSPS) is 16.9. The van der Waals surface area contributed by atoms with E-state index in [2.05, 4.69) is 15.1 Å². The zero-order chi connectivity index (χ0) is 18.2. The Balaban J connectivity index is 1.41. The fraction of sp³-hybridized carbons (Fsp3) is 0.200. The van der Waals surface area contributed by atoms with E-state index in [4.69, 9.17) is 4.98 Å². The Morgan fingerprint density at radius 2 is 1.96 bits per heavy atom. The second-order valence-corrected chi connectivity index (χ2v) is 6.68. The molecule has 3 heterocycles. The van der Waals surface area contributed by atoms with Gasteiger partial charge >= 0.3 is 0 Å². The number of para-hydroxylation sites is 2. The molecule has 1 fully saturated rings. The maximum Gasteiger partial charge on any atom is 0.254 e. The van der Waals surface area contributed by atoms with Gasteiger partial charge in [0.05, 0.1) is 22.8 Å². The van der Waals surface area contributed by atoms with Crippen LogP contribution in [0.25, 0.3) is 16.7 Å². The molecule has 1 aliphatic heterocycles. The topological polar surface area (TPSA) is 79.7 Å². The number of nitrogens with zero attached hydrogens (tertiary/aromatic N) is 5. The third kappa shape index (κ3) is 2.77. The summed E-state index contributed by atoms with van der Waals surface area (Å²) < 4.78 is 1.67. The van der Waals surface area contributed by atoms with Crippen LogP contribution < -0.4 is 0 Å². The van der Waals surface area contributed by atoms with E-state index >= 15 is 0 Å². The lowest BCUT2D eigenvalue weighted by atomic mass is 10.1. The number of benzene rings is 2. The number of carbonyl (C=O) groups excluding carboxylic acids is 1. The van der Waals surface area contributed by atoms with Gasteiger partial charge in [0.25, 0.3) is 5.91 Å². The largest absolute Gasteiger partial charge is 0.340 e. The molecule has 0 bridgehead atoms. The van der Waals surface area contributed by atoms with E-state index in [-0.39, 0.29) is 11.9 Å². The Morgan fingerprint density at radius 3 is 2.74 bits per heavy atom. The van der Waals surface area contributed by atoms with E-state index in [9.17, 15) is 4.79 Å². The van der Waals surface area contributed by atoms with Crippen molar-refractivity contribution in [2.45, 2.75) is 18.9 Å². The lowest BCUT2D eigenvalue weighted by Crippen LogP contribution is -2.31. The maximum absolute atomic E-state index is 13.1. The predicted molar refractivity (Wildman–Crippen MR) is 100 cm³/mol. The van der Waals surface area contributed by atoms with Gasteiger partial charge in [-0.2, -0.15) is 5.10 Å². The van der Waals surface area contributed by atoms with Crippen molar-refractivity contribution in [1.29, 1.82) is 0 Å². The van der Waals surface area contributed by atoms with Crippen LogP contribution in [-0.2, 0) is 0 Å².